The van der Waals surface area contributed by atoms with Crippen molar-refractivity contribution >= 4 is 12.2 Å². The molecule has 2 heteroatoms. The number of hydrogen-bond acceptors (Lipinski definition) is 1. The first-order valence-electron chi connectivity index (χ1n) is 4.49. The van der Waals surface area contributed by atoms with E-state index < -0.39 is 0 Å². The third-order valence-corrected chi connectivity index (χ3v) is 2.02. The van der Waals surface area contributed by atoms with Gasteiger partial charge in [0.2, 0.25) is 0 Å². The lowest BCUT2D eigenvalue weighted by molar-refractivity contribution is 0.965. The van der Waals surface area contributed by atoms with Gasteiger partial charge < -0.3 is 10.7 Å². The largest absolute Gasteiger partial charge is 0.361 e. The van der Waals surface area contributed by atoms with E-state index in [-0.39, 0.29) is 0 Å². The summed E-state index contributed by atoms with van der Waals surface area (Å²) in [6.07, 6.45) is 8.78. The van der Waals surface area contributed by atoms with E-state index in [2.05, 4.69) is 17.6 Å². The van der Waals surface area contributed by atoms with E-state index in [1.54, 1.807) is 6.08 Å². The van der Waals surface area contributed by atoms with E-state index in [0.717, 1.165) is 11.8 Å². The van der Waals surface area contributed by atoms with Crippen molar-refractivity contribution in [2.45, 2.75) is 13.3 Å². The summed E-state index contributed by atoms with van der Waals surface area (Å²) in [4.78, 5) is 3.20. The number of nitrogens with two attached hydrogens (primary N) is 1. The van der Waals surface area contributed by atoms with E-state index in [4.69, 9.17) is 5.73 Å². The molecule has 0 fully saturated rings. The first kappa shape index (κ1) is 9.81. The number of H-pyrrole nitrogens is 1. The van der Waals surface area contributed by atoms with Crippen LogP contribution in [0, 0.1) is 0 Å². The van der Waals surface area contributed by atoms with Crippen LogP contribution in [0.4, 0.5) is 0 Å². The van der Waals surface area contributed by atoms with Crippen molar-refractivity contribution in [2.24, 2.45) is 5.73 Å². The molecule has 1 aromatic rings. The van der Waals surface area contributed by atoms with Crippen LogP contribution in [0.1, 0.15) is 12.5 Å². The highest BCUT2D eigenvalue weighted by Gasteiger charge is 1.96. The van der Waals surface area contributed by atoms with E-state index in [1.807, 2.05) is 19.2 Å². The monoisotopic (exact) mass is 176 g/mol. The van der Waals surface area contributed by atoms with Crippen molar-refractivity contribution in [3.8, 4) is 0 Å². The normalized spacial score (nSPS) is 13.7. The van der Waals surface area contributed by atoms with E-state index in [9.17, 15) is 0 Å². The zero-order chi connectivity index (χ0) is 9.68. The number of hydrogen-bond donors (Lipinski definition) is 2. The predicted octanol–water partition coefficient (Wildman–Crippen LogP) is 0.283. The minimum atomic E-state index is 0.680. The Morgan fingerprint density at radius 1 is 1.62 bits per heavy atom. The van der Waals surface area contributed by atoms with Crippen LogP contribution >= 0.6 is 0 Å². The number of allylic oxidation sites excluding steroid dienone is 1. The number of aromatic nitrogens is 1. The highest BCUT2D eigenvalue weighted by Crippen LogP contribution is 1.86. The molecule has 0 aliphatic carbocycles. The highest BCUT2D eigenvalue weighted by atomic mass is 14.7. The summed E-state index contributed by atoms with van der Waals surface area (Å²) in [5.74, 6) is 0. The molecule has 0 radical (unpaired) electrons. The fraction of sp³-hybridized carbons (Fsp3) is 0.273. The molecule has 2 nitrogen and oxygen atoms in total. The third-order valence-electron chi connectivity index (χ3n) is 2.02. The highest BCUT2D eigenvalue weighted by molar-refractivity contribution is 5.40. The maximum absolute atomic E-state index is 5.51. The van der Waals surface area contributed by atoms with Crippen molar-refractivity contribution in [3.05, 3.63) is 35.0 Å². The summed E-state index contributed by atoms with van der Waals surface area (Å²) in [5.41, 5.74) is 6.77. The molecule has 0 aliphatic heterocycles. The van der Waals surface area contributed by atoms with Crippen LogP contribution in [0.3, 0.4) is 0 Å². The molecule has 1 heterocycles. The molecule has 3 N–H and O–H groups in total. The van der Waals surface area contributed by atoms with Gasteiger partial charge in [0.25, 0.3) is 0 Å². The van der Waals surface area contributed by atoms with Crippen LogP contribution in [-0.2, 0) is 6.42 Å². The number of rotatable bonds is 3. The van der Waals surface area contributed by atoms with Gasteiger partial charge in [0, 0.05) is 16.8 Å². The fourth-order valence-electron chi connectivity index (χ4n) is 1.41. The van der Waals surface area contributed by atoms with Gasteiger partial charge in [0.1, 0.15) is 0 Å². The van der Waals surface area contributed by atoms with Gasteiger partial charge in [-0.05, 0) is 25.5 Å². The van der Waals surface area contributed by atoms with Crippen LogP contribution in [-0.4, -0.2) is 11.5 Å². The lowest BCUT2D eigenvalue weighted by Crippen LogP contribution is -2.25. The maximum Gasteiger partial charge on any atom is 0.0413 e. The Balaban J connectivity index is 3.31. The summed E-state index contributed by atoms with van der Waals surface area (Å²) in [5, 5.41) is 2.35. The van der Waals surface area contributed by atoms with Crippen LogP contribution in [0.5, 0.6) is 0 Å². The van der Waals surface area contributed by atoms with Crippen LogP contribution in [0.2, 0.25) is 0 Å². The van der Waals surface area contributed by atoms with Crippen LogP contribution in [0.25, 0.3) is 12.2 Å². The lowest BCUT2D eigenvalue weighted by Gasteiger charge is -1.90. The molecule has 70 valence electrons. The quantitative estimate of drug-likeness (QED) is 0.682. The molecule has 0 aliphatic rings. The second-order valence-corrected chi connectivity index (χ2v) is 2.87. The molecule has 1 aromatic heterocycles. The second-order valence-electron chi connectivity index (χ2n) is 2.87. The van der Waals surface area contributed by atoms with Gasteiger partial charge in [0.05, 0.1) is 0 Å². The van der Waals surface area contributed by atoms with E-state index in [0.29, 0.717) is 6.54 Å². The fourth-order valence-corrected chi connectivity index (χ4v) is 1.41. The molecular formula is C11H16N2. The van der Waals surface area contributed by atoms with Gasteiger partial charge in [-0.15, -0.1) is 0 Å². The topological polar surface area (TPSA) is 41.8 Å². The van der Waals surface area contributed by atoms with Crippen LogP contribution in [0.15, 0.2) is 18.9 Å². The van der Waals surface area contributed by atoms with Gasteiger partial charge in [-0.25, -0.2) is 0 Å². The van der Waals surface area contributed by atoms with Crippen molar-refractivity contribution in [3.63, 3.8) is 0 Å². The van der Waals surface area contributed by atoms with Gasteiger partial charge in [-0.2, -0.15) is 0 Å². The average molecular weight is 176 g/mol. The molecule has 0 amide bonds. The van der Waals surface area contributed by atoms with Crippen molar-refractivity contribution in [2.75, 3.05) is 6.54 Å². The van der Waals surface area contributed by atoms with Gasteiger partial charge in [0.15, 0.2) is 0 Å². The summed E-state index contributed by atoms with van der Waals surface area (Å²) in [6.45, 7) is 6.39. The molecule has 0 aromatic carbocycles. The minimum Gasteiger partial charge on any atom is -0.361 e. The Labute approximate surface area is 78.5 Å². The lowest BCUT2D eigenvalue weighted by atomic mass is 10.2. The number of nitrogens with one attached hydrogen (secondary N) is 1. The summed E-state index contributed by atoms with van der Waals surface area (Å²) in [6, 6.07) is 0. The Hall–Kier alpha value is -1.28. The molecule has 0 bridgehead atoms. The zero-order valence-corrected chi connectivity index (χ0v) is 8.01. The van der Waals surface area contributed by atoms with E-state index >= 15 is 0 Å². The Bertz CT molecular complexity index is 385. The third kappa shape index (κ3) is 2.10. The SMILES string of the molecule is C=C/C=c1/c(CCN)c[nH]/c1=C/C. The maximum atomic E-state index is 5.51. The van der Waals surface area contributed by atoms with Crippen LogP contribution < -0.4 is 16.3 Å². The molecule has 0 atom stereocenters. The minimum absolute atomic E-state index is 0.680. The first-order chi connectivity index (χ1) is 6.33. The van der Waals surface area contributed by atoms with Gasteiger partial charge in [-0.1, -0.05) is 24.8 Å². The Morgan fingerprint density at radius 2 is 2.38 bits per heavy atom. The van der Waals surface area contributed by atoms with Crippen molar-refractivity contribution in [1.29, 1.82) is 0 Å². The van der Waals surface area contributed by atoms with Gasteiger partial charge in [-0.3, -0.25) is 0 Å². The molecule has 1 rings (SSSR count). The molecule has 13 heavy (non-hydrogen) atoms. The smallest absolute Gasteiger partial charge is 0.0413 e. The molecule has 0 saturated carbocycles. The Morgan fingerprint density at radius 3 is 2.92 bits per heavy atom. The first-order valence-corrected chi connectivity index (χ1v) is 4.49. The van der Waals surface area contributed by atoms with Gasteiger partial charge >= 0.3 is 0 Å². The molecular weight excluding hydrogens is 160 g/mol. The predicted molar refractivity (Wildman–Crippen MR) is 57.6 cm³/mol. The zero-order valence-electron chi connectivity index (χ0n) is 8.01. The summed E-state index contributed by atoms with van der Waals surface area (Å²) >= 11 is 0. The standard InChI is InChI=1S/C11H16N2/c1-3-5-10-9(6-7-12)8-13-11(10)4-2/h3-5,8,13H,1,6-7,12H2,2H3/b10-5-,11-4+. The molecule has 0 saturated heterocycles. The summed E-state index contributed by atoms with van der Waals surface area (Å²) < 4.78 is 0. The van der Waals surface area contributed by atoms with E-state index in [1.165, 1.54) is 10.8 Å². The Kier molecular flexibility index (Phi) is 3.53. The average Bonchev–Trinajstić information content (AvgIpc) is 2.50. The number of aromatic amines is 1. The summed E-state index contributed by atoms with van der Waals surface area (Å²) in [7, 11) is 0. The second kappa shape index (κ2) is 4.67. The molecule has 0 spiro atoms. The van der Waals surface area contributed by atoms with Crippen molar-refractivity contribution < 1.29 is 0 Å². The van der Waals surface area contributed by atoms with Crippen molar-refractivity contribution in [1.82, 2.24) is 4.98 Å². The molecule has 0 unspecified atom stereocenters.